The van der Waals surface area contributed by atoms with Crippen LogP contribution in [-0.2, 0) is 6.54 Å². The van der Waals surface area contributed by atoms with Crippen LogP contribution < -0.4 is 5.32 Å². The van der Waals surface area contributed by atoms with Crippen LogP contribution in [0.1, 0.15) is 24.8 Å². The molecule has 1 nitrogen and oxygen atoms in total. The van der Waals surface area contributed by atoms with E-state index in [1.54, 1.807) is 0 Å². The van der Waals surface area contributed by atoms with Gasteiger partial charge in [-0.05, 0) is 37.0 Å². The molecule has 0 aliphatic heterocycles. The zero-order valence-corrected chi connectivity index (χ0v) is 9.50. The molecule has 15 heavy (non-hydrogen) atoms. The SMILES string of the molecule is Clc1ccc(CNC2CC=CCC2)cc1. The average molecular weight is 222 g/mol. The second kappa shape index (κ2) is 5.34. The van der Waals surface area contributed by atoms with Gasteiger partial charge in [0.2, 0.25) is 0 Å². The Morgan fingerprint density at radius 2 is 2.00 bits per heavy atom. The Bertz CT molecular complexity index is 329. The summed E-state index contributed by atoms with van der Waals surface area (Å²) in [6.07, 6.45) is 8.15. The van der Waals surface area contributed by atoms with Crippen molar-refractivity contribution in [3.05, 3.63) is 47.0 Å². The lowest BCUT2D eigenvalue weighted by Gasteiger charge is -2.19. The van der Waals surface area contributed by atoms with Crippen LogP contribution in [0.4, 0.5) is 0 Å². The minimum Gasteiger partial charge on any atom is -0.310 e. The Labute approximate surface area is 96.1 Å². The predicted molar refractivity (Wildman–Crippen MR) is 65.1 cm³/mol. The number of nitrogens with one attached hydrogen (secondary N) is 1. The molecule has 0 saturated carbocycles. The third-order valence-corrected chi connectivity index (χ3v) is 3.03. The van der Waals surface area contributed by atoms with Crippen molar-refractivity contribution in [3.8, 4) is 0 Å². The molecule has 0 radical (unpaired) electrons. The topological polar surface area (TPSA) is 12.0 Å². The van der Waals surface area contributed by atoms with Gasteiger partial charge in [0.05, 0.1) is 0 Å². The maximum Gasteiger partial charge on any atom is 0.0406 e. The van der Waals surface area contributed by atoms with Gasteiger partial charge in [-0.25, -0.2) is 0 Å². The first kappa shape index (κ1) is 10.7. The molecule has 1 aromatic rings. The highest BCUT2D eigenvalue weighted by molar-refractivity contribution is 6.30. The van der Waals surface area contributed by atoms with Gasteiger partial charge in [-0.1, -0.05) is 35.9 Å². The van der Waals surface area contributed by atoms with Crippen LogP contribution in [0, 0.1) is 0 Å². The van der Waals surface area contributed by atoms with Crippen LogP contribution in [0.5, 0.6) is 0 Å². The van der Waals surface area contributed by atoms with Crippen molar-refractivity contribution in [2.75, 3.05) is 0 Å². The molecule has 0 heterocycles. The third-order valence-electron chi connectivity index (χ3n) is 2.78. The lowest BCUT2D eigenvalue weighted by molar-refractivity contribution is 0.474. The first-order valence-electron chi connectivity index (χ1n) is 5.47. The smallest absolute Gasteiger partial charge is 0.0406 e. The molecule has 80 valence electrons. The van der Waals surface area contributed by atoms with Crippen LogP contribution >= 0.6 is 11.6 Å². The summed E-state index contributed by atoms with van der Waals surface area (Å²) < 4.78 is 0. The van der Waals surface area contributed by atoms with Crippen molar-refractivity contribution < 1.29 is 0 Å². The minimum absolute atomic E-state index is 0.644. The molecule has 2 heteroatoms. The van der Waals surface area contributed by atoms with E-state index >= 15 is 0 Å². The highest BCUT2D eigenvalue weighted by Crippen LogP contribution is 2.13. The molecule has 0 bridgehead atoms. The van der Waals surface area contributed by atoms with E-state index in [1.807, 2.05) is 12.1 Å². The van der Waals surface area contributed by atoms with Crippen LogP contribution in [0.2, 0.25) is 5.02 Å². The molecule has 0 aromatic heterocycles. The molecule has 1 unspecified atom stereocenters. The van der Waals surface area contributed by atoms with Crippen molar-refractivity contribution in [2.24, 2.45) is 0 Å². The van der Waals surface area contributed by atoms with Gasteiger partial charge in [0.15, 0.2) is 0 Å². The summed E-state index contributed by atoms with van der Waals surface area (Å²) in [5, 5.41) is 4.37. The van der Waals surface area contributed by atoms with E-state index < -0.39 is 0 Å². The van der Waals surface area contributed by atoms with E-state index in [9.17, 15) is 0 Å². The van der Waals surface area contributed by atoms with Gasteiger partial charge in [-0.3, -0.25) is 0 Å². The summed E-state index contributed by atoms with van der Waals surface area (Å²) in [6.45, 7) is 0.940. The number of benzene rings is 1. The third kappa shape index (κ3) is 3.37. The van der Waals surface area contributed by atoms with Gasteiger partial charge in [0, 0.05) is 17.6 Å². The van der Waals surface area contributed by atoms with Gasteiger partial charge in [0.1, 0.15) is 0 Å². The monoisotopic (exact) mass is 221 g/mol. The Balaban J connectivity index is 1.82. The number of rotatable bonds is 3. The van der Waals surface area contributed by atoms with Gasteiger partial charge in [0.25, 0.3) is 0 Å². The highest BCUT2D eigenvalue weighted by atomic mass is 35.5. The number of hydrogen-bond donors (Lipinski definition) is 1. The predicted octanol–water partition coefficient (Wildman–Crippen LogP) is 3.54. The first-order chi connectivity index (χ1) is 7.34. The first-order valence-corrected chi connectivity index (χ1v) is 5.85. The van der Waals surface area contributed by atoms with Crippen LogP contribution in [-0.4, -0.2) is 6.04 Å². The van der Waals surface area contributed by atoms with E-state index in [1.165, 1.54) is 18.4 Å². The van der Waals surface area contributed by atoms with E-state index in [2.05, 4.69) is 29.6 Å². The number of halogens is 1. The average Bonchev–Trinajstić information content (AvgIpc) is 2.30. The fraction of sp³-hybridized carbons (Fsp3) is 0.385. The Morgan fingerprint density at radius 3 is 2.67 bits per heavy atom. The summed E-state index contributed by atoms with van der Waals surface area (Å²) in [4.78, 5) is 0. The summed E-state index contributed by atoms with van der Waals surface area (Å²) >= 11 is 5.83. The van der Waals surface area contributed by atoms with Crippen molar-refractivity contribution in [3.63, 3.8) is 0 Å². The summed E-state index contributed by atoms with van der Waals surface area (Å²) in [7, 11) is 0. The standard InChI is InChI=1S/C13H16ClN/c14-12-8-6-11(7-9-12)10-15-13-4-2-1-3-5-13/h1-2,6-9,13,15H,3-5,10H2. The second-order valence-corrected chi connectivity index (χ2v) is 4.43. The fourth-order valence-corrected chi connectivity index (χ4v) is 1.97. The van der Waals surface area contributed by atoms with Gasteiger partial charge < -0.3 is 5.32 Å². The summed E-state index contributed by atoms with van der Waals surface area (Å²) in [5.41, 5.74) is 1.30. The summed E-state index contributed by atoms with van der Waals surface area (Å²) in [6, 6.07) is 8.69. The second-order valence-electron chi connectivity index (χ2n) is 3.99. The van der Waals surface area contributed by atoms with Gasteiger partial charge in [-0.15, -0.1) is 0 Å². The molecule has 1 aliphatic rings. The lowest BCUT2D eigenvalue weighted by atomic mass is 10.0. The van der Waals surface area contributed by atoms with E-state index in [-0.39, 0.29) is 0 Å². The fourth-order valence-electron chi connectivity index (χ4n) is 1.84. The van der Waals surface area contributed by atoms with Crippen molar-refractivity contribution >= 4 is 11.6 Å². The molecule has 0 saturated heterocycles. The van der Waals surface area contributed by atoms with Crippen LogP contribution in [0.25, 0.3) is 0 Å². The zero-order chi connectivity index (χ0) is 10.5. The molecule has 1 N–H and O–H groups in total. The highest BCUT2D eigenvalue weighted by Gasteiger charge is 2.08. The quantitative estimate of drug-likeness (QED) is 0.770. The molecule has 0 fully saturated rings. The van der Waals surface area contributed by atoms with Crippen molar-refractivity contribution in [2.45, 2.75) is 31.8 Å². The lowest BCUT2D eigenvalue weighted by Crippen LogP contribution is -2.29. The maximum absolute atomic E-state index is 5.83. The molecular weight excluding hydrogens is 206 g/mol. The van der Waals surface area contributed by atoms with E-state index in [4.69, 9.17) is 11.6 Å². The molecule has 1 aliphatic carbocycles. The zero-order valence-electron chi connectivity index (χ0n) is 8.75. The van der Waals surface area contributed by atoms with Gasteiger partial charge >= 0.3 is 0 Å². The molecule has 0 amide bonds. The van der Waals surface area contributed by atoms with E-state index in [0.29, 0.717) is 6.04 Å². The van der Waals surface area contributed by atoms with Crippen LogP contribution in [0.3, 0.4) is 0 Å². The van der Waals surface area contributed by atoms with Gasteiger partial charge in [-0.2, -0.15) is 0 Å². The van der Waals surface area contributed by atoms with Crippen LogP contribution in [0.15, 0.2) is 36.4 Å². The Morgan fingerprint density at radius 1 is 1.20 bits per heavy atom. The molecule has 2 rings (SSSR count). The molecular formula is C13H16ClN. The Kier molecular flexibility index (Phi) is 3.81. The summed E-state index contributed by atoms with van der Waals surface area (Å²) in [5.74, 6) is 0. The Hall–Kier alpha value is -0.790. The maximum atomic E-state index is 5.83. The van der Waals surface area contributed by atoms with Crippen molar-refractivity contribution in [1.29, 1.82) is 0 Å². The molecule has 0 spiro atoms. The van der Waals surface area contributed by atoms with Crippen molar-refractivity contribution in [1.82, 2.24) is 5.32 Å². The minimum atomic E-state index is 0.644. The van der Waals surface area contributed by atoms with E-state index in [0.717, 1.165) is 18.0 Å². The number of hydrogen-bond acceptors (Lipinski definition) is 1. The molecule has 1 atom stereocenters. The number of allylic oxidation sites excluding steroid dienone is 1. The largest absolute Gasteiger partial charge is 0.310 e. The normalized spacial score (nSPS) is 20.5. The molecule has 1 aromatic carbocycles.